The van der Waals surface area contributed by atoms with Crippen molar-refractivity contribution < 1.29 is 9.90 Å². The molecule has 120 valence electrons. The minimum atomic E-state index is -0.997. The molecular formula is C18H21N3O2. The fourth-order valence-electron chi connectivity index (χ4n) is 3.00. The molecule has 1 saturated heterocycles. The van der Waals surface area contributed by atoms with E-state index in [0.717, 1.165) is 32.5 Å². The number of hydrogen-bond acceptors (Lipinski definition) is 4. The topological polar surface area (TPSA) is 65.5 Å². The molecule has 1 aliphatic rings. The maximum Gasteiger partial charge on any atom is 0.354 e. The van der Waals surface area contributed by atoms with Crippen molar-refractivity contribution in [2.24, 2.45) is 0 Å². The normalized spacial score (nSPS) is 18.5. The van der Waals surface area contributed by atoms with Crippen LogP contribution in [0.25, 0.3) is 0 Å². The number of anilines is 1. The zero-order valence-electron chi connectivity index (χ0n) is 13.0. The summed E-state index contributed by atoms with van der Waals surface area (Å²) >= 11 is 0. The molecule has 5 nitrogen and oxygen atoms in total. The van der Waals surface area contributed by atoms with Gasteiger partial charge in [0, 0.05) is 19.1 Å². The molecule has 2 heterocycles. The number of rotatable bonds is 5. The second-order valence-electron chi connectivity index (χ2n) is 5.92. The first-order chi connectivity index (χ1) is 11.2. The van der Waals surface area contributed by atoms with E-state index in [0.29, 0.717) is 11.9 Å². The summed E-state index contributed by atoms with van der Waals surface area (Å²) in [7, 11) is 0. The van der Waals surface area contributed by atoms with E-state index in [1.54, 1.807) is 6.07 Å². The average Bonchev–Trinajstić information content (AvgIpc) is 2.56. The first-order valence-corrected chi connectivity index (χ1v) is 7.94. The summed E-state index contributed by atoms with van der Waals surface area (Å²) in [6, 6.07) is 15.8. The maximum absolute atomic E-state index is 11.0. The van der Waals surface area contributed by atoms with Gasteiger partial charge in [0.2, 0.25) is 0 Å². The predicted molar refractivity (Wildman–Crippen MR) is 89.6 cm³/mol. The molecule has 1 fully saturated rings. The molecule has 23 heavy (non-hydrogen) atoms. The van der Waals surface area contributed by atoms with E-state index in [2.05, 4.69) is 39.5 Å². The highest BCUT2D eigenvalue weighted by Crippen LogP contribution is 2.17. The lowest BCUT2D eigenvalue weighted by Gasteiger charge is -2.33. The minimum Gasteiger partial charge on any atom is -0.477 e. The van der Waals surface area contributed by atoms with Crippen molar-refractivity contribution in [3.8, 4) is 0 Å². The van der Waals surface area contributed by atoms with Gasteiger partial charge >= 0.3 is 5.97 Å². The molecule has 0 bridgehead atoms. The van der Waals surface area contributed by atoms with Gasteiger partial charge in [0.05, 0.1) is 0 Å². The number of aromatic carboxylic acids is 1. The monoisotopic (exact) mass is 311 g/mol. The summed E-state index contributed by atoms with van der Waals surface area (Å²) in [5, 5.41) is 12.4. The van der Waals surface area contributed by atoms with Crippen LogP contribution in [0.1, 0.15) is 28.9 Å². The van der Waals surface area contributed by atoms with Gasteiger partial charge < -0.3 is 10.4 Å². The summed E-state index contributed by atoms with van der Waals surface area (Å²) in [4.78, 5) is 17.6. The molecular weight excluding hydrogens is 290 g/mol. The molecule has 0 saturated carbocycles. The number of pyridine rings is 1. The molecule has 1 atom stereocenters. The van der Waals surface area contributed by atoms with Crippen LogP contribution < -0.4 is 5.32 Å². The largest absolute Gasteiger partial charge is 0.477 e. The van der Waals surface area contributed by atoms with Gasteiger partial charge in [-0.3, -0.25) is 4.90 Å². The highest BCUT2D eigenvalue weighted by Gasteiger charge is 2.20. The van der Waals surface area contributed by atoms with E-state index in [4.69, 9.17) is 5.11 Å². The Morgan fingerprint density at radius 3 is 2.83 bits per heavy atom. The SMILES string of the molecule is O=C(O)c1cccc(NC2CCCN(Cc3ccccc3)C2)n1. The maximum atomic E-state index is 11.0. The Hall–Kier alpha value is -2.40. The Balaban J connectivity index is 1.60. The third kappa shape index (κ3) is 4.29. The third-order valence-electron chi connectivity index (χ3n) is 4.07. The molecule has 0 aliphatic carbocycles. The van der Waals surface area contributed by atoms with Crippen LogP contribution in [0.4, 0.5) is 5.82 Å². The number of carboxylic acids is 1. The second-order valence-corrected chi connectivity index (χ2v) is 5.92. The van der Waals surface area contributed by atoms with Crippen LogP contribution in [-0.4, -0.2) is 40.1 Å². The van der Waals surface area contributed by atoms with Gasteiger partial charge in [-0.1, -0.05) is 36.4 Å². The van der Waals surface area contributed by atoms with E-state index in [1.165, 1.54) is 11.6 Å². The lowest BCUT2D eigenvalue weighted by atomic mass is 10.0. The number of carboxylic acid groups (broad SMARTS) is 1. The molecule has 2 aromatic rings. The predicted octanol–water partition coefficient (Wildman–Crippen LogP) is 2.86. The highest BCUT2D eigenvalue weighted by atomic mass is 16.4. The van der Waals surface area contributed by atoms with Crippen LogP contribution in [0.5, 0.6) is 0 Å². The van der Waals surface area contributed by atoms with Gasteiger partial charge in [0.1, 0.15) is 5.82 Å². The van der Waals surface area contributed by atoms with E-state index in [1.807, 2.05) is 12.1 Å². The van der Waals surface area contributed by atoms with Crippen molar-refractivity contribution in [1.82, 2.24) is 9.88 Å². The van der Waals surface area contributed by atoms with Crippen molar-refractivity contribution in [3.05, 3.63) is 59.8 Å². The third-order valence-corrected chi connectivity index (χ3v) is 4.07. The lowest BCUT2D eigenvalue weighted by molar-refractivity contribution is 0.0690. The van der Waals surface area contributed by atoms with Crippen molar-refractivity contribution in [1.29, 1.82) is 0 Å². The zero-order valence-corrected chi connectivity index (χ0v) is 13.0. The van der Waals surface area contributed by atoms with Crippen LogP contribution in [0.15, 0.2) is 48.5 Å². The fourth-order valence-corrected chi connectivity index (χ4v) is 3.00. The number of aromatic nitrogens is 1. The molecule has 5 heteroatoms. The number of hydrogen-bond donors (Lipinski definition) is 2. The molecule has 0 amide bonds. The number of likely N-dealkylation sites (tertiary alicyclic amines) is 1. The molecule has 1 aliphatic heterocycles. The fraction of sp³-hybridized carbons (Fsp3) is 0.333. The van der Waals surface area contributed by atoms with Gasteiger partial charge in [-0.25, -0.2) is 9.78 Å². The standard InChI is InChI=1S/C18H21N3O2/c22-18(23)16-9-4-10-17(20-16)19-15-8-5-11-21(13-15)12-14-6-2-1-3-7-14/h1-4,6-7,9-10,15H,5,8,11-13H2,(H,19,20)(H,22,23). The molecule has 2 N–H and O–H groups in total. The first kappa shape index (κ1) is 15.5. The number of nitrogens with one attached hydrogen (secondary N) is 1. The minimum absolute atomic E-state index is 0.0759. The van der Waals surface area contributed by atoms with Crippen molar-refractivity contribution in [2.75, 3.05) is 18.4 Å². The van der Waals surface area contributed by atoms with Crippen molar-refractivity contribution in [2.45, 2.75) is 25.4 Å². The quantitative estimate of drug-likeness (QED) is 0.889. The van der Waals surface area contributed by atoms with E-state index >= 15 is 0 Å². The second kappa shape index (κ2) is 7.24. The summed E-state index contributed by atoms with van der Waals surface area (Å²) in [5.41, 5.74) is 1.39. The molecule has 1 aromatic carbocycles. The van der Waals surface area contributed by atoms with Gasteiger partial charge in [-0.15, -0.1) is 0 Å². The number of carbonyl (C=O) groups is 1. The Morgan fingerprint density at radius 2 is 2.04 bits per heavy atom. The van der Waals surface area contributed by atoms with Gasteiger partial charge in [0.15, 0.2) is 5.69 Å². The highest BCUT2D eigenvalue weighted by molar-refractivity contribution is 5.85. The Bertz CT molecular complexity index is 660. The molecule has 0 radical (unpaired) electrons. The van der Waals surface area contributed by atoms with E-state index in [9.17, 15) is 4.79 Å². The Morgan fingerprint density at radius 1 is 1.22 bits per heavy atom. The number of benzene rings is 1. The van der Waals surface area contributed by atoms with Crippen molar-refractivity contribution >= 4 is 11.8 Å². The van der Waals surface area contributed by atoms with Gasteiger partial charge in [-0.2, -0.15) is 0 Å². The van der Waals surface area contributed by atoms with Crippen LogP contribution in [0, 0.1) is 0 Å². The van der Waals surface area contributed by atoms with Crippen LogP contribution in [0.3, 0.4) is 0 Å². The van der Waals surface area contributed by atoms with E-state index in [-0.39, 0.29) is 5.69 Å². The average molecular weight is 311 g/mol. The number of piperidine rings is 1. The summed E-state index contributed by atoms with van der Waals surface area (Å²) in [6.07, 6.45) is 2.20. The smallest absolute Gasteiger partial charge is 0.354 e. The van der Waals surface area contributed by atoms with Crippen LogP contribution >= 0.6 is 0 Å². The molecule has 1 aromatic heterocycles. The summed E-state index contributed by atoms with van der Waals surface area (Å²) < 4.78 is 0. The lowest BCUT2D eigenvalue weighted by Crippen LogP contribution is -2.41. The Kier molecular flexibility index (Phi) is 4.88. The number of nitrogens with zero attached hydrogens (tertiary/aromatic N) is 2. The summed E-state index contributed by atoms with van der Waals surface area (Å²) in [5.74, 6) is -0.362. The van der Waals surface area contributed by atoms with Gasteiger partial charge in [-0.05, 0) is 37.1 Å². The zero-order chi connectivity index (χ0) is 16.1. The van der Waals surface area contributed by atoms with Crippen LogP contribution in [0.2, 0.25) is 0 Å². The molecule has 1 unspecified atom stereocenters. The Labute approximate surface area is 136 Å². The van der Waals surface area contributed by atoms with Gasteiger partial charge in [0.25, 0.3) is 0 Å². The molecule has 0 spiro atoms. The van der Waals surface area contributed by atoms with E-state index < -0.39 is 5.97 Å². The summed E-state index contributed by atoms with van der Waals surface area (Å²) in [6.45, 7) is 2.98. The molecule has 3 rings (SSSR count). The van der Waals surface area contributed by atoms with Crippen molar-refractivity contribution in [3.63, 3.8) is 0 Å². The van der Waals surface area contributed by atoms with Crippen LogP contribution in [-0.2, 0) is 6.54 Å². The first-order valence-electron chi connectivity index (χ1n) is 7.94.